The maximum atomic E-state index is 6.44. The van der Waals surface area contributed by atoms with Crippen molar-refractivity contribution in [3.8, 4) is 0 Å². The molecule has 2 aliphatic carbocycles. The Balaban J connectivity index is 2.67. The lowest BCUT2D eigenvalue weighted by molar-refractivity contribution is 0.143. The molecular weight excluding hydrogens is 404 g/mol. The molecule has 2 rings (SSSR count). The lowest BCUT2D eigenvalue weighted by Gasteiger charge is -2.46. The van der Waals surface area contributed by atoms with Crippen molar-refractivity contribution in [1.82, 2.24) is 0 Å². The van der Waals surface area contributed by atoms with E-state index < -0.39 is 42.0 Å². The molecule has 4 unspecified atom stereocenters. The summed E-state index contributed by atoms with van der Waals surface area (Å²) in [5.74, 6) is -0.245. The van der Waals surface area contributed by atoms with Gasteiger partial charge in [-0.1, -0.05) is 6.92 Å². The van der Waals surface area contributed by atoms with Crippen LogP contribution in [0.4, 0.5) is 0 Å². The minimum absolute atomic E-state index is 0.245. The molecule has 0 heterocycles. The molecule has 0 aliphatic heterocycles. The van der Waals surface area contributed by atoms with Gasteiger partial charge in [-0.05, 0) is 0 Å². The monoisotopic (exact) mass is 410 g/mol. The van der Waals surface area contributed by atoms with Crippen LogP contribution in [0.25, 0.3) is 0 Å². The van der Waals surface area contributed by atoms with Crippen LogP contribution < -0.4 is 0 Å². The van der Waals surface area contributed by atoms with Crippen LogP contribution in [-0.2, 0) is 0 Å². The van der Waals surface area contributed by atoms with Gasteiger partial charge in [-0.3, -0.25) is 0 Å². The van der Waals surface area contributed by atoms with Crippen molar-refractivity contribution in [3.63, 3.8) is 0 Å². The number of rotatable bonds is 2. The van der Waals surface area contributed by atoms with Crippen LogP contribution in [0, 0.1) is 16.7 Å². The number of halogens is 8. The Morgan fingerprint density at radius 1 is 0.778 bits per heavy atom. The first-order valence-corrected chi connectivity index (χ1v) is 8.76. The fourth-order valence-corrected chi connectivity index (χ4v) is 8.21. The van der Waals surface area contributed by atoms with Crippen molar-refractivity contribution in [3.05, 3.63) is 0 Å². The molecule has 106 valence electrons. The highest BCUT2D eigenvalue weighted by molar-refractivity contribution is 6.49. The fourth-order valence-electron chi connectivity index (χ4n) is 3.57. The molecule has 2 saturated carbocycles. The zero-order valence-electron chi connectivity index (χ0n) is 9.07. The molecule has 8 heteroatoms. The second-order valence-electron chi connectivity index (χ2n) is 5.04. The summed E-state index contributed by atoms with van der Waals surface area (Å²) in [7, 11) is 0. The molecule has 0 N–H and O–H groups in total. The van der Waals surface area contributed by atoms with Crippen LogP contribution in [0.5, 0.6) is 0 Å². The standard InChI is InChI=1S/C10H10Cl8/c1-9(7(15)16)2-3(11)5(13)10(9,8(17)18)6(14)4(2)12/h2-8H,1H3/t2?,3-,4-,5+,6?,9?,10?/m0/s1. The van der Waals surface area contributed by atoms with Crippen LogP contribution in [0.2, 0.25) is 0 Å². The van der Waals surface area contributed by atoms with E-state index in [0.717, 1.165) is 0 Å². The zero-order chi connectivity index (χ0) is 14.0. The summed E-state index contributed by atoms with van der Waals surface area (Å²) < 4.78 is 0. The summed E-state index contributed by atoms with van der Waals surface area (Å²) in [5.41, 5.74) is -1.65. The summed E-state index contributed by atoms with van der Waals surface area (Å²) in [4.78, 5) is -1.63. The van der Waals surface area contributed by atoms with Gasteiger partial charge in [0.15, 0.2) is 0 Å². The van der Waals surface area contributed by atoms with Crippen LogP contribution in [-0.4, -0.2) is 31.2 Å². The normalized spacial score (nSPS) is 55.8. The van der Waals surface area contributed by atoms with Gasteiger partial charge in [0.05, 0.1) is 21.5 Å². The molecule has 0 saturated heterocycles. The largest absolute Gasteiger partial charge is 0.121 e. The van der Waals surface area contributed by atoms with Gasteiger partial charge in [0.1, 0.15) is 9.67 Å². The highest BCUT2D eigenvalue weighted by Crippen LogP contribution is 2.75. The molecule has 0 aromatic carbocycles. The maximum Gasteiger partial charge on any atom is 0.117 e. The highest BCUT2D eigenvalue weighted by atomic mass is 35.5. The van der Waals surface area contributed by atoms with Gasteiger partial charge in [0, 0.05) is 16.7 Å². The van der Waals surface area contributed by atoms with E-state index in [4.69, 9.17) is 92.8 Å². The summed E-state index contributed by atoms with van der Waals surface area (Å²) >= 11 is 50.3. The van der Waals surface area contributed by atoms with Crippen molar-refractivity contribution in [2.45, 2.75) is 38.1 Å². The van der Waals surface area contributed by atoms with Crippen LogP contribution in [0.3, 0.4) is 0 Å². The molecule has 2 bridgehead atoms. The second-order valence-corrected chi connectivity index (χ2v) is 9.18. The van der Waals surface area contributed by atoms with Crippen molar-refractivity contribution in [2.24, 2.45) is 16.7 Å². The molecule has 0 aromatic rings. The van der Waals surface area contributed by atoms with E-state index in [9.17, 15) is 0 Å². The fraction of sp³-hybridized carbons (Fsp3) is 1.00. The number of fused-ring (bicyclic) bond motifs is 2. The SMILES string of the molecule is CC1(C(Cl)Cl)C2[C@H](Cl)C(Cl)C1(C(Cl)Cl)[C@H](Cl)[C@H]2Cl. The van der Waals surface area contributed by atoms with E-state index in [1.165, 1.54) is 0 Å². The predicted octanol–water partition coefficient (Wildman–Crippen LogP) is 5.66. The molecule has 0 radical (unpaired) electrons. The average Bonchev–Trinajstić information content (AvgIpc) is 2.55. The molecular formula is C10H10Cl8. The van der Waals surface area contributed by atoms with E-state index in [1.54, 1.807) is 0 Å². The predicted molar refractivity (Wildman–Crippen MR) is 83.6 cm³/mol. The van der Waals surface area contributed by atoms with Crippen LogP contribution in [0.15, 0.2) is 0 Å². The third-order valence-corrected chi connectivity index (χ3v) is 8.80. The Morgan fingerprint density at radius 3 is 1.39 bits per heavy atom. The lowest BCUT2D eigenvalue weighted by Crippen LogP contribution is -2.53. The molecule has 2 aliphatic rings. The maximum absolute atomic E-state index is 6.44. The van der Waals surface area contributed by atoms with Crippen LogP contribution >= 0.6 is 92.8 Å². The lowest BCUT2D eigenvalue weighted by atomic mass is 9.70. The Kier molecular flexibility index (Phi) is 4.82. The molecule has 2 fully saturated rings. The summed E-state index contributed by atoms with van der Waals surface area (Å²) in [6.45, 7) is 1.86. The Bertz CT molecular complexity index is 329. The van der Waals surface area contributed by atoms with Gasteiger partial charge < -0.3 is 0 Å². The van der Waals surface area contributed by atoms with E-state index in [2.05, 4.69) is 0 Å². The number of alkyl halides is 8. The summed E-state index contributed by atoms with van der Waals surface area (Å²) in [5, 5.41) is -1.92. The smallest absolute Gasteiger partial charge is 0.117 e. The topological polar surface area (TPSA) is 0 Å². The first kappa shape index (κ1) is 16.7. The zero-order valence-corrected chi connectivity index (χ0v) is 15.1. The van der Waals surface area contributed by atoms with E-state index >= 15 is 0 Å². The van der Waals surface area contributed by atoms with Gasteiger partial charge in [0.25, 0.3) is 0 Å². The van der Waals surface area contributed by atoms with E-state index in [0.29, 0.717) is 0 Å². The van der Waals surface area contributed by atoms with Gasteiger partial charge in [0.2, 0.25) is 0 Å². The van der Waals surface area contributed by atoms with E-state index in [-0.39, 0.29) is 5.92 Å². The molecule has 0 nitrogen and oxygen atoms in total. The summed E-state index contributed by atoms with van der Waals surface area (Å²) in [6, 6.07) is 0. The van der Waals surface area contributed by atoms with Crippen LogP contribution in [0.1, 0.15) is 6.92 Å². The molecule has 0 amide bonds. The Labute approximate surface area is 146 Å². The molecule has 0 aromatic heterocycles. The van der Waals surface area contributed by atoms with Crippen molar-refractivity contribution in [1.29, 1.82) is 0 Å². The molecule has 7 atom stereocenters. The van der Waals surface area contributed by atoms with Gasteiger partial charge in [-0.25, -0.2) is 0 Å². The quantitative estimate of drug-likeness (QED) is 0.512. The minimum Gasteiger partial charge on any atom is -0.121 e. The minimum atomic E-state index is -0.920. The third kappa shape index (κ3) is 1.67. The molecule has 0 spiro atoms. The van der Waals surface area contributed by atoms with Crippen molar-refractivity contribution in [2.75, 3.05) is 0 Å². The number of hydrogen-bond donors (Lipinski definition) is 0. The Hall–Kier alpha value is 2.32. The van der Waals surface area contributed by atoms with Gasteiger partial charge >= 0.3 is 0 Å². The number of hydrogen-bond acceptors (Lipinski definition) is 0. The average molecular weight is 414 g/mol. The van der Waals surface area contributed by atoms with E-state index in [1.807, 2.05) is 6.92 Å². The summed E-state index contributed by atoms with van der Waals surface area (Å²) in [6.07, 6.45) is 0. The first-order valence-electron chi connectivity index (χ1n) is 5.27. The van der Waals surface area contributed by atoms with Crippen molar-refractivity contribution >= 4 is 92.8 Å². The second kappa shape index (κ2) is 5.20. The third-order valence-electron chi connectivity index (χ3n) is 4.60. The van der Waals surface area contributed by atoms with Gasteiger partial charge in [-0.2, -0.15) is 0 Å². The Morgan fingerprint density at radius 2 is 1.17 bits per heavy atom. The highest BCUT2D eigenvalue weighted by Gasteiger charge is 2.80. The molecule has 18 heavy (non-hydrogen) atoms. The first-order chi connectivity index (χ1) is 8.15. The van der Waals surface area contributed by atoms with Crippen molar-refractivity contribution < 1.29 is 0 Å². The van der Waals surface area contributed by atoms with Gasteiger partial charge in [-0.15, -0.1) is 92.8 Å².